The summed E-state index contributed by atoms with van der Waals surface area (Å²) in [7, 11) is 1.78. The number of likely N-dealkylation sites (tertiary alicyclic amines) is 1. The molecule has 3 aromatic rings. The molecule has 0 unspecified atom stereocenters. The van der Waals surface area contributed by atoms with E-state index in [0.29, 0.717) is 16.9 Å². The molecule has 0 saturated carbocycles. The minimum atomic E-state index is -0.0425. The molecule has 0 radical (unpaired) electrons. The number of aryl methyl sites for hydroxylation is 1. The van der Waals surface area contributed by atoms with Gasteiger partial charge in [-0.25, -0.2) is 0 Å². The van der Waals surface area contributed by atoms with Crippen molar-refractivity contribution in [2.24, 2.45) is 13.0 Å². The van der Waals surface area contributed by atoms with Crippen molar-refractivity contribution >= 4 is 59.2 Å². The van der Waals surface area contributed by atoms with Crippen LogP contribution < -0.4 is 15.6 Å². The smallest absolute Gasteiger partial charge is 0.250 e. The van der Waals surface area contributed by atoms with Gasteiger partial charge >= 0.3 is 0 Å². The molecule has 0 spiro atoms. The van der Waals surface area contributed by atoms with Gasteiger partial charge in [0, 0.05) is 38.9 Å². The van der Waals surface area contributed by atoms with E-state index in [-0.39, 0.29) is 30.4 Å². The monoisotopic (exact) mass is 543 g/mol. The Kier molecular flexibility index (Phi) is 9.49. The van der Waals surface area contributed by atoms with E-state index >= 15 is 0 Å². The van der Waals surface area contributed by atoms with Gasteiger partial charge in [-0.2, -0.15) is 0 Å². The molecule has 1 atom stereocenters. The Morgan fingerprint density at radius 3 is 2.97 bits per heavy atom. The molecule has 0 bridgehead atoms. The first kappa shape index (κ1) is 27.0. The lowest BCUT2D eigenvalue weighted by Gasteiger charge is -2.18. The number of nitrogens with one attached hydrogen (secondary N) is 1. The molecule has 0 amide bonds. The van der Waals surface area contributed by atoms with E-state index in [1.54, 1.807) is 41.7 Å². The Bertz CT molecular complexity index is 1210. The predicted octanol–water partition coefficient (Wildman–Crippen LogP) is 3.92. The molecule has 2 aliphatic rings. The summed E-state index contributed by atoms with van der Waals surface area (Å²) >= 11 is 8.20. The van der Waals surface area contributed by atoms with Gasteiger partial charge in [-0.05, 0) is 49.5 Å². The molecule has 7 nitrogen and oxygen atoms in total. The normalized spacial score (nSPS) is 17.2. The minimum absolute atomic E-state index is 0. The van der Waals surface area contributed by atoms with Crippen LogP contribution >= 0.6 is 48.2 Å². The second kappa shape index (κ2) is 11.9. The number of hydrogen-bond donors (Lipinski definition) is 1. The van der Waals surface area contributed by atoms with E-state index in [1.807, 2.05) is 6.20 Å². The number of hydrogen-bond acceptors (Lipinski definition) is 7. The average Bonchev–Trinajstić information content (AvgIpc) is 3.45. The van der Waals surface area contributed by atoms with Crippen LogP contribution in [0.1, 0.15) is 17.7 Å². The van der Waals surface area contributed by atoms with Gasteiger partial charge in [0.25, 0.3) is 5.56 Å². The first-order chi connectivity index (χ1) is 15.6. The minimum Gasteiger partial charge on any atom is -0.480 e. The zero-order valence-corrected chi connectivity index (χ0v) is 22.0. The van der Waals surface area contributed by atoms with Crippen molar-refractivity contribution in [3.63, 3.8) is 0 Å². The molecular formula is C23H28Cl3N5O2S. The summed E-state index contributed by atoms with van der Waals surface area (Å²) in [6.45, 7) is 4.82. The Labute approximate surface area is 220 Å². The first-order valence-corrected chi connectivity index (χ1v) is 12.3. The van der Waals surface area contributed by atoms with Crippen LogP contribution in [0.25, 0.3) is 11.0 Å². The van der Waals surface area contributed by atoms with Crippen molar-refractivity contribution in [1.29, 1.82) is 0 Å². The summed E-state index contributed by atoms with van der Waals surface area (Å²) in [6, 6.07) is 5.45. The number of thioether (sulfide) groups is 1. The Hall–Kier alpha value is -1.55. The molecule has 5 rings (SSSR count). The summed E-state index contributed by atoms with van der Waals surface area (Å²) in [5, 5.41) is 4.20. The van der Waals surface area contributed by atoms with E-state index in [2.05, 4.69) is 26.3 Å². The third-order valence-electron chi connectivity index (χ3n) is 6.29. The predicted molar refractivity (Wildman–Crippen MR) is 142 cm³/mol. The van der Waals surface area contributed by atoms with Crippen LogP contribution in [0.2, 0.25) is 5.02 Å². The maximum atomic E-state index is 12.1. The Morgan fingerprint density at radius 2 is 2.12 bits per heavy atom. The van der Waals surface area contributed by atoms with Crippen LogP contribution in [-0.4, -0.2) is 51.6 Å². The van der Waals surface area contributed by atoms with Crippen molar-refractivity contribution in [3.8, 4) is 5.75 Å². The van der Waals surface area contributed by atoms with Gasteiger partial charge in [0.1, 0.15) is 5.94 Å². The van der Waals surface area contributed by atoms with Gasteiger partial charge in [0.15, 0.2) is 5.75 Å². The van der Waals surface area contributed by atoms with Crippen molar-refractivity contribution in [2.45, 2.75) is 24.3 Å². The second-order valence-corrected chi connectivity index (χ2v) is 9.79. The first-order valence-electron chi connectivity index (χ1n) is 10.9. The molecular weight excluding hydrogens is 517 g/mol. The van der Waals surface area contributed by atoms with Crippen molar-refractivity contribution < 1.29 is 4.74 Å². The number of ether oxygens (including phenoxy) is 1. The number of aromatic nitrogens is 3. The molecule has 1 fully saturated rings. The third-order valence-corrected chi connectivity index (χ3v) is 7.48. The van der Waals surface area contributed by atoms with Gasteiger partial charge in [0.2, 0.25) is 0 Å². The number of nitrogens with zero attached hydrogens (tertiary/aromatic N) is 4. The van der Waals surface area contributed by atoms with Crippen molar-refractivity contribution in [1.82, 2.24) is 24.8 Å². The maximum Gasteiger partial charge on any atom is 0.250 e. The highest BCUT2D eigenvalue weighted by molar-refractivity contribution is 7.99. The molecule has 184 valence electrons. The third kappa shape index (κ3) is 5.80. The highest BCUT2D eigenvalue weighted by atomic mass is 35.5. The largest absolute Gasteiger partial charge is 0.480 e. The van der Waals surface area contributed by atoms with E-state index in [9.17, 15) is 4.79 Å². The van der Waals surface area contributed by atoms with Gasteiger partial charge in [-0.1, -0.05) is 23.4 Å². The molecule has 5 heterocycles. The molecule has 11 heteroatoms. The quantitative estimate of drug-likeness (QED) is 0.483. The summed E-state index contributed by atoms with van der Waals surface area (Å²) in [5.74, 6) is 2.20. The lowest BCUT2D eigenvalue weighted by molar-refractivity contribution is 0.325. The van der Waals surface area contributed by atoms with Crippen LogP contribution in [0.3, 0.4) is 0 Å². The fraction of sp³-hybridized carbons (Fsp3) is 0.435. The highest BCUT2D eigenvalue weighted by Gasteiger charge is 2.23. The van der Waals surface area contributed by atoms with Crippen LogP contribution in [-0.2, 0) is 20.0 Å². The molecule has 34 heavy (non-hydrogen) atoms. The highest BCUT2D eigenvalue weighted by Crippen LogP contribution is 2.35. The van der Waals surface area contributed by atoms with E-state index < -0.39 is 0 Å². The maximum absolute atomic E-state index is 12.1. The number of pyridine rings is 3. The fourth-order valence-electron chi connectivity index (χ4n) is 4.54. The zero-order chi connectivity index (χ0) is 22.1. The van der Waals surface area contributed by atoms with Crippen LogP contribution in [0.15, 0.2) is 40.3 Å². The molecule has 2 aliphatic heterocycles. The number of halogens is 3. The van der Waals surface area contributed by atoms with Crippen LogP contribution in [0.5, 0.6) is 5.75 Å². The summed E-state index contributed by atoms with van der Waals surface area (Å²) in [6.07, 6.45) is 5.50. The fourth-order valence-corrected chi connectivity index (χ4v) is 5.55. The van der Waals surface area contributed by atoms with E-state index in [4.69, 9.17) is 16.3 Å². The van der Waals surface area contributed by atoms with E-state index in [0.717, 1.165) is 67.2 Å². The molecule has 1 saturated heterocycles. The summed E-state index contributed by atoms with van der Waals surface area (Å²) < 4.78 is 7.15. The SMILES string of the molecule is Cl.Cl.Cn1c(=O)ccc2ncc(Cl)c(CCN3CC[C@H](CNCc4cc5c(cn4)OCS5)C3)c21. The van der Waals surface area contributed by atoms with Gasteiger partial charge in [-0.3, -0.25) is 14.8 Å². The Balaban J connectivity index is 0.00000162. The average molecular weight is 545 g/mol. The molecule has 0 aromatic carbocycles. The van der Waals surface area contributed by atoms with Gasteiger partial charge in [0.05, 0.1) is 32.8 Å². The summed E-state index contributed by atoms with van der Waals surface area (Å²) in [4.78, 5) is 24.7. The van der Waals surface area contributed by atoms with Crippen LogP contribution in [0.4, 0.5) is 0 Å². The van der Waals surface area contributed by atoms with Crippen molar-refractivity contribution in [3.05, 3.63) is 57.2 Å². The van der Waals surface area contributed by atoms with E-state index in [1.165, 1.54) is 11.3 Å². The lowest BCUT2D eigenvalue weighted by Crippen LogP contribution is -2.28. The van der Waals surface area contributed by atoms with Gasteiger partial charge in [-0.15, -0.1) is 24.8 Å². The number of fused-ring (bicyclic) bond motifs is 2. The zero-order valence-electron chi connectivity index (χ0n) is 18.8. The number of rotatable bonds is 7. The summed E-state index contributed by atoms with van der Waals surface area (Å²) in [5.41, 5.74) is 3.66. The lowest BCUT2D eigenvalue weighted by atomic mass is 10.1. The Morgan fingerprint density at radius 1 is 1.26 bits per heavy atom. The standard InChI is InChI=1S/C23H26ClN5O2S.2ClH/c1-28-22(30)3-2-19-23(28)17(18(24)11-27-19)5-7-29-6-4-15(13-29)9-25-10-16-8-21-20(12-26-16)31-14-32-21;;/h2-3,8,11-12,15,25H,4-7,9-10,13-14H2,1H3;2*1H/t15-;;/m1../s1. The van der Waals surface area contributed by atoms with Crippen molar-refractivity contribution in [2.75, 3.05) is 32.1 Å². The molecule has 3 aromatic heterocycles. The second-order valence-electron chi connectivity index (χ2n) is 8.41. The topological polar surface area (TPSA) is 72.3 Å². The molecule has 1 N–H and O–H groups in total. The van der Waals surface area contributed by atoms with Crippen LogP contribution in [0, 0.1) is 5.92 Å². The molecule has 0 aliphatic carbocycles. The van der Waals surface area contributed by atoms with Gasteiger partial charge < -0.3 is 19.5 Å².